The van der Waals surface area contributed by atoms with E-state index in [1.54, 1.807) is 13.2 Å². The van der Waals surface area contributed by atoms with E-state index in [0.717, 1.165) is 6.42 Å². The molecule has 2 rings (SSSR count). The summed E-state index contributed by atoms with van der Waals surface area (Å²) in [5.74, 6) is 0.363. The van der Waals surface area contributed by atoms with Crippen LogP contribution in [0.25, 0.3) is 0 Å². The van der Waals surface area contributed by atoms with Crippen LogP contribution in [0.3, 0.4) is 0 Å². The van der Waals surface area contributed by atoms with Crippen LogP contribution in [-0.2, 0) is 4.74 Å². The summed E-state index contributed by atoms with van der Waals surface area (Å²) in [5.41, 5.74) is 0. The van der Waals surface area contributed by atoms with Gasteiger partial charge >= 0.3 is 0 Å². The number of halogens is 3. The first-order chi connectivity index (χ1) is 7.61. The maximum absolute atomic E-state index is 12.9. The first-order valence-electron chi connectivity index (χ1n) is 4.90. The molecule has 3 unspecified atom stereocenters. The largest absolute Gasteiger partial charge is 0.486 e. The molecule has 0 spiro atoms. The summed E-state index contributed by atoms with van der Waals surface area (Å²) < 4.78 is 24.5. The Hall–Kier alpha value is -0.130. The molecular weight excluding hydrogens is 343 g/mol. The summed E-state index contributed by atoms with van der Waals surface area (Å²) in [7, 11) is 1.66. The van der Waals surface area contributed by atoms with Gasteiger partial charge in [0, 0.05) is 18.4 Å². The second-order valence-electron chi connectivity index (χ2n) is 3.68. The van der Waals surface area contributed by atoms with Gasteiger partial charge < -0.3 is 9.47 Å². The molecular formula is C11H11Br2FO2. The molecule has 0 aliphatic heterocycles. The molecule has 1 aliphatic rings. The van der Waals surface area contributed by atoms with Gasteiger partial charge in [-0.05, 0) is 34.1 Å². The van der Waals surface area contributed by atoms with Crippen molar-refractivity contribution in [2.24, 2.45) is 0 Å². The van der Waals surface area contributed by atoms with Crippen molar-refractivity contribution in [3.63, 3.8) is 0 Å². The second-order valence-corrected chi connectivity index (χ2v) is 5.71. The van der Waals surface area contributed by atoms with Crippen molar-refractivity contribution >= 4 is 31.9 Å². The summed E-state index contributed by atoms with van der Waals surface area (Å²) >= 11 is 6.76. The Morgan fingerprint density at radius 1 is 1.44 bits per heavy atom. The normalized spacial score (nSPS) is 28.6. The Morgan fingerprint density at radius 2 is 2.19 bits per heavy atom. The van der Waals surface area contributed by atoms with Gasteiger partial charge in [-0.25, -0.2) is 4.39 Å². The number of rotatable bonds is 3. The molecule has 5 heteroatoms. The van der Waals surface area contributed by atoms with Gasteiger partial charge in [-0.15, -0.1) is 0 Å². The van der Waals surface area contributed by atoms with Crippen LogP contribution in [0, 0.1) is 5.82 Å². The smallest absolute Gasteiger partial charge is 0.134 e. The number of hydrogen-bond donors (Lipinski definition) is 0. The zero-order valence-corrected chi connectivity index (χ0v) is 11.8. The Balaban J connectivity index is 2.04. The molecule has 0 saturated heterocycles. The monoisotopic (exact) mass is 352 g/mol. The van der Waals surface area contributed by atoms with E-state index in [0.29, 0.717) is 15.0 Å². The number of ether oxygens (including phenoxy) is 2. The lowest BCUT2D eigenvalue weighted by Gasteiger charge is -2.40. The lowest BCUT2D eigenvalue weighted by molar-refractivity contribution is -0.0548. The van der Waals surface area contributed by atoms with Crippen LogP contribution in [0.2, 0.25) is 0 Å². The van der Waals surface area contributed by atoms with Gasteiger partial charge in [0.1, 0.15) is 23.8 Å². The average Bonchev–Trinajstić information content (AvgIpc) is 2.21. The van der Waals surface area contributed by atoms with Crippen LogP contribution in [0.1, 0.15) is 6.42 Å². The molecule has 0 bridgehead atoms. The Bertz CT molecular complexity index is 386. The molecule has 1 aromatic carbocycles. The van der Waals surface area contributed by atoms with Crippen molar-refractivity contribution < 1.29 is 13.9 Å². The highest BCUT2D eigenvalue weighted by molar-refractivity contribution is 9.10. The van der Waals surface area contributed by atoms with Gasteiger partial charge in [0.05, 0.1) is 4.47 Å². The lowest BCUT2D eigenvalue weighted by atomic mass is 9.91. The van der Waals surface area contributed by atoms with Crippen molar-refractivity contribution in [3.8, 4) is 5.75 Å². The van der Waals surface area contributed by atoms with Gasteiger partial charge in [-0.2, -0.15) is 0 Å². The van der Waals surface area contributed by atoms with Crippen LogP contribution in [0.5, 0.6) is 5.75 Å². The lowest BCUT2D eigenvalue weighted by Crippen LogP contribution is -2.51. The zero-order chi connectivity index (χ0) is 11.7. The second kappa shape index (κ2) is 5.02. The standard InChI is InChI=1S/C11H11Br2FO2/c1-15-11-8(13)5-10(11)16-9-3-2-6(14)4-7(9)12/h2-4,8,10-11H,5H2,1H3. The first kappa shape index (κ1) is 12.3. The highest BCUT2D eigenvalue weighted by atomic mass is 79.9. The van der Waals surface area contributed by atoms with Gasteiger partial charge in [0.25, 0.3) is 0 Å². The van der Waals surface area contributed by atoms with Crippen LogP contribution in [0.15, 0.2) is 22.7 Å². The van der Waals surface area contributed by atoms with E-state index < -0.39 is 0 Å². The number of alkyl halides is 1. The maximum Gasteiger partial charge on any atom is 0.134 e. The third kappa shape index (κ3) is 2.41. The minimum absolute atomic E-state index is 0.0242. The molecule has 0 radical (unpaired) electrons. The fourth-order valence-corrected chi connectivity index (χ4v) is 3.04. The first-order valence-corrected chi connectivity index (χ1v) is 6.61. The van der Waals surface area contributed by atoms with Crippen molar-refractivity contribution in [1.82, 2.24) is 0 Å². The minimum atomic E-state index is -0.283. The number of hydrogen-bond acceptors (Lipinski definition) is 2. The fourth-order valence-electron chi connectivity index (χ4n) is 1.68. The van der Waals surface area contributed by atoms with Gasteiger partial charge in [-0.3, -0.25) is 0 Å². The Morgan fingerprint density at radius 3 is 2.75 bits per heavy atom. The van der Waals surface area contributed by atoms with Crippen molar-refractivity contribution in [2.75, 3.05) is 7.11 Å². The van der Waals surface area contributed by atoms with Crippen LogP contribution < -0.4 is 4.74 Å². The molecule has 0 heterocycles. The molecule has 3 atom stereocenters. The van der Waals surface area contributed by atoms with Crippen LogP contribution >= 0.6 is 31.9 Å². The third-order valence-electron chi connectivity index (χ3n) is 2.62. The molecule has 16 heavy (non-hydrogen) atoms. The highest BCUT2D eigenvalue weighted by Gasteiger charge is 2.41. The van der Waals surface area contributed by atoms with Crippen molar-refractivity contribution in [3.05, 3.63) is 28.5 Å². The summed E-state index contributed by atoms with van der Waals surface area (Å²) in [5, 5.41) is 0. The minimum Gasteiger partial charge on any atom is -0.486 e. The van der Waals surface area contributed by atoms with E-state index in [2.05, 4.69) is 31.9 Å². The van der Waals surface area contributed by atoms with E-state index >= 15 is 0 Å². The van der Waals surface area contributed by atoms with Gasteiger partial charge in [-0.1, -0.05) is 15.9 Å². The highest BCUT2D eigenvalue weighted by Crippen LogP contribution is 2.36. The SMILES string of the molecule is COC1C(Br)CC1Oc1ccc(F)cc1Br. The predicted octanol–water partition coefficient (Wildman–Crippen LogP) is 3.52. The van der Waals surface area contributed by atoms with Crippen molar-refractivity contribution in [2.45, 2.75) is 23.5 Å². The Labute approximate surface area is 110 Å². The predicted molar refractivity (Wildman–Crippen MR) is 66.6 cm³/mol. The maximum atomic E-state index is 12.9. The van der Waals surface area contributed by atoms with Gasteiger partial charge in [0.15, 0.2) is 0 Å². The average molecular weight is 354 g/mol. The van der Waals surface area contributed by atoms with Crippen molar-refractivity contribution in [1.29, 1.82) is 0 Å². The van der Waals surface area contributed by atoms with E-state index in [1.165, 1.54) is 12.1 Å². The summed E-state index contributed by atoms with van der Waals surface area (Å²) in [6, 6.07) is 4.39. The summed E-state index contributed by atoms with van der Waals surface area (Å²) in [6.45, 7) is 0. The quantitative estimate of drug-likeness (QED) is 0.774. The van der Waals surface area contributed by atoms with Crippen LogP contribution in [-0.4, -0.2) is 24.1 Å². The molecule has 1 aliphatic carbocycles. The molecule has 2 nitrogen and oxygen atoms in total. The summed E-state index contributed by atoms with van der Waals surface area (Å²) in [4.78, 5) is 0.335. The molecule has 88 valence electrons. The fraction of sp³-hybridized carbons (Fsp3) is 0.455. The van der Waals surface area contributed by atoms with Gasteiger partial charge in [0.2, 0.25) is 0 Å². The molecule has 0 aromatic heterocycles. The zero-order valence-electron chi connectivity index (χ0n) is 8.62. The molecule has 0 amide bonds. The Kier molecular flexibility index (Phi) is 3.87. The number of methoxy groups -OCH3 is 1. The molecule has 1 saturated carbocycles. The molecule has 0 N–H and O–H groups in total. The summed E-state index contributed by atoms with van der Waals surface area (Å²) in [6.07, 6.45) is 0.968. The van der Waals surface area contributed by atoms with Crippen LogP contribution in [0.4, 0.5) is 4.39 Å². The van der Waals surface area contributed by atoms with E-state index in [1.807, 2.05) is 0 Å². The van der Waals surface area contributed by atoms with E-state index in [9.17, 15) is 4.39 Å². The molecule has 1 aromatic rings. The number of benzene rings is 1. The van der Waals surface area contributed by atoms with E-state index in [-0.39, 0.29) is 18.0 Å². The van der Waals surface area contributed by atoms with E-state index in [4.69, 9.17) is 9.47 Å². The molecule has 1 fully saturated rings. The third-order valence-corrected chi connectivity index (χ3v) is 4.14. The topological polar surface area (TPSA) is 18.5 Å².